The predicted molar refractivity (Wildman–Crippen MR) is 134 cm³/mol. The third kappa shape index (κ3) is 3.95. The molecular weight excluding hydrogens is 456 g/mol. The minimum absolute atomic E-state index is 0.0564. The molecule has 3 amide bonds. The molecule has 0 spiro atoms. The van der Waals surface area contributed by atoms with Crippen LogP contribution in [-0.4, -0.2) is 78.1 Å². The van der Waals surface area contributed by atoms with Crippen molar-refractivity contribution in [1.29, 1.82) is 0 Å². The monoisotopic (exact) mass is 488 g/mol. The number of carbonyl (C=O) groups excluding carboxylic acids is 2. The molecule has 2 saturated heterocycles. The smallest absolute Gasteiger partial charge is 0.321 e. The van der Waals surface area contributed by atoms with E-state index in [1.54, 1.807) is 24.0 Å². The number of nitrogens with zero attached hydrogens (tertiary/aromatic N) is 6. The fourth-order valence-corrected chi connectivity index (χ4v) is 5.98. The molecule has 0 bridgehead atoms. The van der Waals surface area contributed by atoms with Crippen molar-refractivity contribution in [3.63, 3.8) is 0 Å². The number of aromatic nitrogens is 4. The zero-order chi connectivity index (χ0) is 24.8. The zero-order valence-electron chi connectivity index (χ0n) is 20.7. The SMILES string of the molecule is CC1c2[nH]nc(NC(=O)c3nccn3C)c2CN1C(=O)N1C[C@@H]2CCCN2C[C@@H]1Cc1ccccc1. The summed E-state index contributed by atoms with van der Waals surface area (Å²) >= 11 is 0. The topological polar surface area (TPSA) is 102 Å². The molecule has 1 aromatic carbocycles. The lowest BCUT2D eigenvalue weighted by molar-refractivity contribution is 0.0517. The van der Waals surface area contributed by atoms with Crippen molar-refractivity contribution < 1.29 is 9.59 Å². The highest BCUT2D eigenvalue weighted by Gasteiger charge is 2.43. The summed E-state index contributed by atoms with van der Waals surface area (Å²) in [5.74, 6) is 0.444. The van der Waals surface area contributed by atoms with Crippen LogP contribution >= 0.6 is 0 Å². The van der Waals surface area contributed by atoms with Gasteiger partial charge < -0.3 is 19.7 Å². The predicted octanol–water partition coefficient (Wildman–Crippen LogP) is 2.78. The Bertz CT molecular complexity index is 1270. The van der Waals surface area contributed by atoms with Gasteiger partial charge in [0.2, 0.25) is 0 Å². The summed E-state index contributed by atoms with van der Waals surface area (Å²) in [5.41, 5.74) is 2.98. The van der Waals surface area contributed by atoms with Gasteiger partial charge in [0, 0.05) is 44.1 Å². The number of fused-ring (bicyclic) bond motifs is 2. The van der Waals surface area contributed by atoms with Gasteiger partial charge in [0.05, 0.1) is 24.3 Å². The second kappa shape index (κ2) is 9.09. The molecule has 5 heterocycles. The van der Waals surface area contributed by atoms with Crippen molar-refractivity contribution in [2.45, 2.75) is 50.9 Å². The van der Waals surface area contributed by atoms with Crippen LogP contribution in [0.3, 0.4) is 0 Å². The van der Waals surface area contributed by atoms with Gasteiger partial charge in [-0.05, 0) is 38.3 Å². The molecule has 3 aromatic rings. The number of benzene rings is 1. The maximum absolute atomic E-state index is 14.0. The van der Waals surface area contributed by atoms with Crippen molar-refractivity contribution >= 4 is 17.8 Å². The molecule has 3 aliphatic heterocycles. The van der Waals surface area contributed by atoms with E-state index in [2.05, 4.69) is 54.6 Å². The molecule has 3 aliphatic rings. The van der Waals surface area contributed by atoms with Gasteiger partial charge in [0.15, 0.2) is 11.6 Å². The maximum Gasteiger partial charge on any atom is 0.321 e. The lowest BCUT2D eigenvalue weighted by atomic mass is 10.00. The lowest BCUT2D eigenvalue weighted by Gasteiger charge is -2.45. The molecule has 0 aliphatic carbocycles. The number of carbonyl (C=O) groups is 2. The molecule has 10 nitrogen and oxygen atoms in total. The van der Waals surface area contributed by atoms with Gasteiger partial charge in [-0.25, -0.2) is 9.78 Å². The standard InChI is InChI=1S/C26H32N8O2/c1-17-22-21(23(30-29-22)28-25(35)24-27-10-12-31(24)2)16-33(17)26(36)34-15-19-9-6-11-32(19)14-20(34)13-18-7-4-3-5-8-18/h3-5,7-8,10,12,17,19-20H,6,9,11,13-16H2,1-2H3,(H2,28,29,30,35)/t17?,19-,20-/m0/s1. The Labute approximate surface area is 210 Å². The largest absolute Gasteiger partial charge is 0.330 e. The molecule has 2 N–H and O–H groups in total. The molecule has 0 saturated carbocycles. The number of hydrogen-bond donors (Lipinski definition) is 2. The highest BCUT2D eigenvalue weighted by atomic mass is 16.2. The summed E-state index contributed by atoms with van der Waals surface area (Å²) in [6, 6.07) is 10.9. The minimum atomic E-state index is -0.325. The maximum atomic E-state index is 14.0. The summed E-state index contributed by atoms with van der Waals surface area (Å²) in [6.45, 7) is 5.21. The Balaban J connectivity index is 1.21. The first kappa shape index (κ1) is 22.8. The fraction of sp³-hybridized carbons (Fsp3) is 0.462. The van der Waals surface area contributed by atoms with Crippen molar-refractivity contribution in [2.24, 2.45) is 7.05 Å². The summed E-state index contributed by atoms with van der Waals surface area (Å²) < 4.78 is 1.66. The normalized spacial score (nSPS) is 23.6. The first-order valence-corrected chi connectivity index (χ1v) is 12.7. The van der Waals surface area contributed by atoms with Crippen LogP contribution in [0.1, 0.15) is 53.2 Å². The van der Waals surface area contributed by atoms with E-state index in [4.69, 9.17) is 0 Å². The molecule has 2 fully saturated rings. The number of H-pyrrole nitrogens is 1. The highest BCUT2D eigenvalue weighted by Crippen LogP contribution is 2.38. The third-order valence-corrected chi connectivity index (χ3v) is 7.97. The van der Waals surface area contributed by atoms with E-state index >= 15 is 0 Å². The summed E-state index contributed by atoms with van der Waals surface area (Å²) in [5, 5.41) is 10.3. The Morgan fingerprint density at radius 1 is 1.17 bits per heavy atom. The van der Waals surface area contributed by atoms with Crippen LogP contribution in [0.4, 0.5) is 10.6 Å². The van der Waals surface area contributed by atoms with Crippen molar-refractivity contribution in [1.82, 2.24) is 34.4 Å². The van der Waals surface area contributed by atoms with Crippen LogP contribution in [-0.2, 0) is 20.0 Å². The van der Waals surface area contributed by atoms with Gasteiger partial charge in [-0.15, -0.1) is 0 Å². The first-order chi connectivity index (χ1) is 17.5. The molecule has 10 heteroatoms. The van der Waals surface area contributed by atoms with E-state index < -0.39 is 0 Å². The lowest BCUT2D eigenvalue weighted by Crippen LogP contribution is -2.60. The van der Waals surface area contributed by atoms with Crippen LogP contribution < -0.4 is 5.32 Å². The number of nitrogens with one attached hydrogen (secondary N) is 2. The van der Waals surface area contributed by atoms with Gasteiger partial charge in [-0.3, -0.25) is 14.8 Å². The van der Waals surface area contributed by atoms with Gasteiger partial charge in [0.25, 0.3) is 5.91 Å². The van der Waals surface area contributed by atoms with Crippen molar-refractivity contribution in [3.8, 4) is 0 Å². The number of urea groups is 1. The molecule has 3 atom stereocenters. The fourth-order valence-electron chi connectivity index (χ4n) is 5.98. The van der Waals surface area contributed by atoms with Crippen LogP contribution in [0.5, 0.6) is 0 Å². The Hall–Kier alpha value is -3.66. The number of aryl methyl sites for hydroxylation is 1. The van der Waals surface area contributed by atoms with E-state index in [0.717, 1.165) is 43.7 Å². The Morgan fingerprint density at radius 3 is 2.78 bits per heavy atom. The van der Waals surface area contributed by atoms with E-state index in [1.165, 1.54) is 12.0 Å². The van der Waals surface area contributed by atoms with Gasteiger partial charge in [-0.1, -0.05) is 30.3 Å². The number of imidazole rings is 1. The summed E-state index contributed by atoms with van der Waals surface area (Å²) in [4.78, 5) is 37.4. The third-order valence-electron chi connectivity index (χ3n) is 7.97. The van der Waals surface area contributed by atoms with E-state index in [0.29, 0.717) is 24.2 Å². The zero-order valence-corrected chi connectivity index (χ0v) is 20.7. The molecule has 36 heavy (non-hydrogen) atoms. The van der Waals surface area contributed by atoms with Crippen LogP contribution in [0.15, 0.2) is 42.7 Å². The Morgan fingerprint density at radius 2 is 2.00 bits per heavy atom. The van der Waals surface area contributed by atoms with Crippen LogP contribution in [0, 0.1) is 0 Å². The van der Waals surface area contributed by atoms with Crippen molar-refractivity contribution in [2.75, 3.05) is 25.0 Å². The van der Waals surface area contributed by atoms with Crippen LogP contribution in [0.2, 0.25) is 0 Å². The molecule has 6 rings (SSSR count). The first-order valence-electron chi connectivity index (χ1n) is 12.7. The quantitative estimate of drug-likeness (QED) is 0.588. The molecule has 1 unspecified atom stereocenters. The van der Waals surface area contributed by atoms with E-state index in [-0.39, 0.29) is 24.0 Å². The number of aromatic amines is 1. The van der Waals surface area contributed by atoms with Gasteiger partial charge >= 0.3 is 6.03 Å². The molecule has 0 radical (unpaired) electrons. The van der Waals surface area contributed by atoms with Crippen LogP contribution in [0.25, 0.3) is 0 Å². The molecule has 188 valence electrons. The van der Waals surface area contributed by atoms with E-state index in [1.807, 2.05) is 17.9 Å². The van der Waals surface area contributed by atoms with Gasteiger partial charge in [-0.2, -0.15) is 5.10 Å². The van der Waals surface area contributed by atoms with Crippen molar-refractivity contribution in [3.05, 3.63) is 65.4 Å². The average molecular weight is 489 g/mol. The number of hydrogen-bond acceptors (Lipinski definition) is 5. The Kier molecular flexibility index (Phi) is 5.75. The molecule has 2 aromatic heterocycles. The highest BCUT2D eigenvalue weighted by molar-refractivity contribution is 6.01. The molecular formula is C26H32N8O2. The summed E-state index contributed by atoms with van der Waals surface area (Å²) in [6.07, 6.45) is 6.49. The summed E-state index contributed by atoms with van der Waals surface area (Å²) in [7, 11) is 1.77. The second-order valence-corrected chi connectivity index (χ2v) is 10.2. The second-order valence-electron chi connectivity index (χ2n) is 10.2. The number of amides is 3. The number of rotatable bonds is 4. The number of anilines is 1. The average Bonchev–Trinajstić information content (AvgIpc) is 3.66. The minimum Gasteiger partial charge on any atom is -0.330 e. The number of piperazine rings is 1. The van der Waals surface area contributed by atoms with Gasteiger partial charge in [0.1, 0.15) is 0 Å². The van der Waals surface area contributed by atoms with E-state index in [9.17, 15) is 9.59 Å².